The number of amides is 2. The Morgan fingerprint density at radius 1 is 1.31 bits per heavy atom. The van der Waals surface area contributed by atoms with E-state index in [0.717, 1.165) is 0 Å². The lowest BCUT2D eigenvalue weighted by Gasteiger charge is -2.10. The third-order valence-electron chi connectivity index (χ3n) is 2.09. The Morgan fingerprint density at radius 2 is 1.94 bits per heavy atom. The summed E-state index contributed by atoms with van der Waals surface area (Å²) >= 11 is 0. The molecule has 0 aliphatic heterocycles. The van der Waals surface area contributed by atoms with Crippen LogP contribution in [0.3, 0.4) is 0 Å². The minimum atomic E-state index is -0.859. The van der Waals surface area contributed by atoms with Crippen molar-refractivity contribution in [1.29, 1.82) is 0 Å². The second-order valence-electron chi connectivity index (χ2n) is 3.49. The number of nitrogens with two attached hydrogens (primary N) is 2. The van der Waals surface area contributed by atoms with Gasteiger partial charge in [0.15, 0.2) is 0 Å². The van der Waals surface area contributed by atoms with Gasteiger partial charge in [-0.15, -0.1) is 0 Å². The van der Waals surface area contributed by atoms with Crippen molar-refractivity contribution >= 4 is 11.8 Å². The average Bonchev–Trinajstić information content (AvgIpc) is 2.69. The van der Waals surface area contributed by atoms with Crippen LogP contribution in [0.15, 0.2) is 24.5 Å². The highest BCUT2D eigenvalue weighted by atomic mass is 16.2. The summed E-state index contributed by atoms with van der Waals surface area (Å²) in [6.07, 6.45) is 3.67. The van der Waals surface area contributed by atoms with Crippen LogP contribution in [0.25, 0.3) is 0 Å². The molecule has 0 spiro atoms. The molecular formula is C10H16N4O2. The minimum Gasteiger partial charge on any atom is -0.370 e. The van der Waals surface area contributed by atoms with E-state index in [0.29, 0.717) is 13.1 Å². The number of aromatic nitrogens is 1. The molecule has 1 aromatic rings. The van der Waals surface area contributed by atoms with Crippen molar-refractivity contribution in [2.24, 2.45) is 11.5 Å². The van der Waals surface area contributed by atoms with E-state index < -0.39 is 11.9 Å². The van der Waals surface area contributed by atoms with Crippen molar-refractivity contribution < 1.29 is 9.59 Å². The molecule has 1 heterocycles. The first kappa shape index (κ1) is 12.3. The Bertz CT molecular complexity index is 348. The van der Waals surface area contributed by atoms with Crippen LogP contribution in [0, 0.1) is 0 Å². The number of hydrogen-bond acceptors (Lipinski definition) is 3. The van der Waals surface area contributed by atoms with Gasteiger partial charge in [-0.05, 0) is 12.1 Å². The topological polar surface area (TPSA) is 103 Å². The summed E-state index contributed by atoms with van der Waals surface area (Å²) in [5, 5.41) is 2.63. The van der Waals surface area contributed by atoms with E-state index >= 15 is 0 Å². The second kappa shape index (κ2) is 5.92. The van der Waals surface area contributed by atoms with E-state index in [-0.39, 0.29) is 12.3 Å². The van der Waals surface area contributed by atoms with Crippen molar-refractivity contribution in [3.63, 3.8) is 0 Å². The lowest BCUT2D eigenvalue weighted by molar-refractivity contribution is -0.126. The largest absolute Gasteiger partial charge is 0.370 e. The maximum absolute atomic E-state index is 11.4. The minimum absolute atomic E-state index is 0.130. The standard InChI is InChI=1S/C10H16N4O2/c11-8(7-9(12)15)10(16)13-3-6-14-4-1-2-5-14/h1-2,4-5,8H,3,6-7,11H2,(H2,12,15)(H,13,16). The molecule has 0 radical (unpaired) electrons. The molecule has 0 saturated carbocycles. The van der Waals surface area contributed by atoms with E-state index in [2.05, 4.69) is 5.32 Å². The summed E-state index contributed by atoms with van der Waals surface area (Å²) in [7, 11) is 0. The molecule has 1 rings (SSSR count). The van der Waals surface area contributed by atoms with Gasteiger partial charge in [-0.3, -0.25) is 9.59 Å². The van der Waals surface area contributed by atoms with Gasteiger partial charge in [0.25, 0.3) is 0 Å². The molecule has 0 aliphatic carbocycles. The fourth-order valence-electron chi connectivity index (χ4n) is 1.27. The molecule has 0 aliphatic rings. The van der Waals surface area contributed by atoms with Crippen molar-refractivity contribution in [2.75, 3.05) is 6.54 Å². The predicted octanol–water partition coefficient (Wildman–Crippen LogP) is -1.19. The molecular weight excluding hydrogens is 208 g/mol. The second-order valence-corrected chi connectivity index (χ2v) is 3.49. The van der Waals surface area contributed by atoms with E-state index in [1.54, 1.807) is 0 Å². The molecule has 5 N–H and O–H groups in total. The summed E-state index contributed by atoms with van der Waals surface area (Å²) in [6, 6.07) is 2.95. The third kappa shape index (κ3) is 4.14. The quantitative estimate of drug-likeness (QED) is 0.566. The van der Waals surface area contributed by atoms with Gasteiger partial charge in [0.05, 0.1) is 12.5 Å². The summed E-state index contributed by atoms with van der Waals surface area (Å²) in [5.74, 6) is -0.931. The van der Waals surface area contributed by atoms with E-state index in [4.69, 9.17) is 11.5 Å². The van der Waals surface area contributed by atoms with Gasteiger partial charge in [-0.1, -0.05) is 0 Å². The lowest BCUT2D eigenvalue weighted by Crippen LogP contribution is -2.43. The molecule has 6 nitrogen and oxygen atoms in total. The molecule has 0 aromatic carbocycles. The molecule has 1 unspecified atom stereocenters. The normalized spacial score (nSPS) is 12.1. The summed E-state index contributed by atoms with van der Waals surface area (Å²) < 4.78 is 1.93. The molecule has 2 amide bonds. The van der Waals surface area contributed by atoms with E-state index in [1.165, 1.54) is 0 Å². The average molecular weight is 224 g/mol. The number of rotatable bonds is 6. The van der Waals surface area contributed by atoms with Crippen LogP contribution < -0.4 is 16.8 Å². The maximum atomic E-state index is 11.4. The monoisotopic (exact) mass is 224 g/mol. The van der Waals surface area contributed by atoms with Crippen LogP contribution >= 0.6 is 0 Å². The zero-order valence-electron chi connectivity index (χ0n) is 8.93. The van der Waals surface area contributed by atoms with Gasteiger partial charge < -0.3 is 21.4 Å². The lowest BCUT2D eigenvalue weighted by atomic mass is 10.2. The summed E-state index contributed by atoms with van der Waals surface area (Å²) in [5.41, 5.74) is 10.4. The number of nitrogens with one attached hydrogen (secondary N) is 1. The Morgan fingerprint density at radius 3 is 2.50 bits per heavy atom. The van der Waals surface area contributed by atoms with Gasteiger partial charge in [0.2, 0.25) is 11.8 Å². The van der Waals surface area contributed by atoms with Crippen molar-refractivity contribution in [3.8, 4) is 0 Å². The van der Waals surface area contributed by atoms with Crippen LogP contribution in [0.5, 0.6) is 0 Å². The smallest absolute Gasteiger partial charge is 0.237 e. The maximum Gasteiger partial charge on any atom is 0.237 e. The van der Waals surface area contributed by atoms with Crippen molar-refractivity contribution in [2.45, 2.75) is 19.0 Å². The first-order chi connectivity index (χ1) is 7.59. The van der Waals surface area contributed by atoms with Crippen LogP contribution in [0.1, 0.15) is 6.42 Å². The SMILES string of the molecule is NC(=O)CC(N)C(=O)NCCn1cccc1. The highest BCUT2D eigenvalue weighted by Crippen LogP contribution is 1.90. The Hall–Kier alpha value is -1.82. The zero-order valence-corrected chi connectivity index (χ0v) is 8.93. The van der Waals surface area contributed by atoms with Gasteiger partial charge >= 0.3 is 0 Å². The van der Waals surface area contributed by atoms with E-state index in [1.807, 2.05) is 29.1 Å². The molecule has 16 heavy (non-hydrogen) atoms. The molecule has 88 valence electrons. The predicted molar refractivity (Wildman–Crippen MR) is 59.2 cm³/mol. The molecule has 1 aromatic heterocycles. The van der Waals surface area contributed by atoms with Crippen LogP contribution in [-0.2, 0) is 16.1 Å². The number of hydrogen-bond donors (Lipinski definition) is 3. The Balaban J connectivity index is 2.22. The highest BCUT2D eigenvalue weighted by molar-refractivity contribution is 5.87. The van der Waals surface area contributed by atoms with Crippen molar-refractivity contribution in [3.05, 3.63) is 24.5 Å². The van der Waals surface area contributed by atoms with Gasteiger partial charge in [0, 0.05) is 25.5 Å². The first-order valence-corrected chi connectivity index (χ1v) is 5.02. The first-order valence-electron chi connectivity index (χ1n) is 5.02. The molecule has 6 heteroatoms. The number of nitrogens with zero attached hydrogens (tertiary/aromatic N) is 1. The van der Waals surface area contributed by atoms with Crippen molar-refractivity contribution in [1.82, 2.24) is 9.88 Å². The fourth-order valence-corrected chi connectivity index (χ4v) is 1.27. The fraction of sp³-hybridized carbons (Fsp3) is 0.400. The van der Waals surface area contributed by atoms with Crippen LogP contribution in [0.4, 0.5) is 0 Å². The van der Waals surface area contributed by atoms with Gasteiger partial charge in [-0.25, -0.2) is 0 Å². The summed E-state index contributed by atoms with van der Waals surface area (Å²) in [4.78, 5) is 21.9. The molecule has 1 atom stereocenters. The third-order valence-corrected chi connectivity index (χ3v) is 2.09. The van der Waals surface area contributed by atoms with Gasteiger partial charge in [0.1, 0.15) is 0 Å². The zero-order chi connectivity index (χ0) is 12.0. The Labute approximate surface area is 93.6 Å². The molecule has 0 bridgehead atoms. The van der Waals surface area contributed by atoms with Crippen LogP contribution in [0.2, 0.25) is 0 Å². The summed E-state index contributed by atoms with van der Waals surface area (Å²) in [6.45, 7) is 1.14. The number of primary amides is 1. The highest BCUT2D eigenvalue weighted by Gasteiger charge is 2.14. The number of carbonyl (C=O) groups is 2. The van der Waals surface area contributed by atoms with E-state index in [9.17, 15) is 9.59 Å². The molecule has 0 fully saturated rings. The molecule has 0 saturated heterocycles. The van der Waals surface area contributed by atoms with Crippen LogP contribution in [-0.4, -0.2) is 29.0 Å². The van der Waals surface area contributed by atoms with Gasteiger partial charge in [-0.2, -0.15) is 0 Å². The number of carbonyl (C=O) groups excluding carboxylic acids is 2. The Kier molecular flexibility index (Phi) is 4.53.